The van der Waals surface area contributed by atoms with Gasteiger partial charge in [0.1, 0.15) is 5.78 Å². The zero-order valence-corrected chi connectivity index (χ0v) is 8.18. The third-order valence-corrected chi connectivity index (χ3v) is 2.62. The Balaban J connectivity index is 2.35. The molecule has 0 aromatic heterocycles. The smallest absolute Gasteiger partial charge is 0.134 e. The summed E-state index contributed by atoms with van der Waals surface area (Å²) in [7, 11) is 0. The van der Waals surface area contributed by atoms with Crippen LogP contribution in [-0.4, -0.2) is 30.3 Å². The Morgan fingerprint density at radius 2 is 2.33 bits per heavy atom. The van der Waals surface area contributed by atoms with Crippen LogP contribution in [0.2, 0.25) is 0 Å². The Morgan fingerprint density at radius 1 is 1.58 bits per heavy atom. The van der Waals surface area contributed by atoms with Gasteiger partial charge >= 0.3 is 0 Å². The van der Waals surface area contributed by atoms with E-state index < -0.39 is 0 Å². The zero-order chi connectivity index (χ0) is 8.97. The van der Waals surface area contributed by atoms with E-state index in [1.807, 2.05) is 0 Å². The van der Waals surface area contributed by atoms with Crippen molar-refractivity contribution in [3.8, 4) is 0 Å². The Hall–Kier alpha value is -0.370. The normalized spacial score (nSPS) is 25.7. The summed E-state index contributed by atoms with van der Waals surface area (Å²) in [6.45, 7) is 7.27. The van der Waals surface area contributed by atoms with Crippen LogP contribution in [0.25, 0.3) is 0 Å². The fraction of sp³-hybridized carbons (Fsp3) is 0.900. The second-order valence-electron chi connectivity index (χ2n) is 3.75. The Morgan fingerprint density at radius 3 is 2.92 bits per heavy atom. The number of hydrogen-bond acceptors (Lipinski definition) is 2. The number of likely N-dealkylation sites (tertiary alicyclic amines) is 1. The molecule has 0 aliphatic carbocycles. The molecule has 1 fully saturated rings. The second-order valence-corrected chi connectivity index (χ2v) is 3.75. The van der Waals surface area contributed by atoms with Gasteiger partial charge in [0.05, 0.1) is 0 Å². The molecule has 70 valence electrons. The van der Waals surface area contributed by atoms with Crippen LogP contribution in [0.4, 0.5) is 0 Å². The number of piperidine rings is 1. The van der Waals surface area contributed by atoms with Crippen LogP contribution in [-0.2, 0) is 4.79 Å². The molecule has 1 unspecified atom stereocenters. The van der Waals surface area contributed by atoms with Gasteiger partial charge in [-0.2, -0.15) is 0 Å². The molecule has 1 heterocycles. The summed E-state index contributed by atoms with van der Waals surface area (Å²) in [5.74, 6) is 0.695. The minimum absolute atomic E-state index is 0.324. The summed E-state index contributed by atoms with van der Waals surface area (Å²) in [5.41, 5.74) is 0. The first kappa shape index (κ1) is 9.72. The number of Topliss-reactive ketones (excluding diaryl/α,β-unsaturated/α-hetero) is 1. The highest BCUT2D eigenvalue weighted by atomic mass is 16.1. The number of carbonyl (C=O) groups excluding carboxylic acids is 1. The zero-order valence-electron chi connectivity index (χ0n) is 8.18. The van der Waals surface area contributed by atoms with Crippen LogP contribution in [0.3, 0.4) is 0 Å². The maximum absolute atomic E-state index is 11.1. The maximum atomic E-state index is 11.1. The molecule has 0 spiro atoms. The monoisotopic (exact) mass is 169 g/mol. The van der Waals surface area contributed by atoms with E-state index in [9.17, 15) is 4.79 Å². The van der Waals surface area contributed by atoms with Gasteiger partial charge in [-0.15, -0.1) is 0 Å². The quantitative estimate of drug-likeness (QED) is 0.641. The first-order valence-corrected chi connectivity index (χ1v) is 4.97. The molecule has 12 heavy (non-hydrogen) atoms. The SMILES string of the molecule is CCCN1CCCC(C(C)=O)C1. The van der Waals surface area contributed by atoms with Crippen LogP contribution in [0.5, 0.6) is 0 Å². The molecule has 1 atom stereocenters. The van der Waals surface area contributed by atoms with Gasteiger partial charge in [-0.1, -0.05) is 6.92 Å². The van der Waals surface area contributed by atoms with Crippen molar-refractivity contribution in [1.29, 1.82) is 0 Å². The van der Waals surface area contributed by atoms with Gasteiger partial charge in [0.2, 0.25) is 0 Å². The third kappa shape index (κ3) is 2.59. The van der Waals surface area contributed by atoms with Gasteiger partial charge in [0.15, 0.2) is 0 Å². The predicted octanol–water partition coefficient (Wildman–Crippen LogP) is 1.70. The lowest BCUT2D eigenvalue weighted by Crippen LogP contribution is -2.38. The van der Waals surface area contributed by atoms with E-state index in [4.69, 9.17) is 0 Å². The molecule has 1 saturated heterocycles. The van der Waals surface area contributed by atoms with Crippen LogP contribution in [0.1, 0.15) is 33.1 Å². The van der Waals surface area contributed by atoms with Gasteiger partial charge < -0.3 is 4.90 Å². The fourth-order valence-electron chi connectivity index (χ4n) is 1.91. The molecule has 1 rings (SSSR count). The van der Waals surface area contributed by atoms with E-state index in [0.717, 1.165) is 19.5 Å². The molecular weight excluding hydrogens is 150 g/mol. The predicted molar refractivity (Wildman–Crippen MR) is 50.1 cm³/mol. The highest BCUT2D eigenvalue weighted by Crippen LogP contribution is 2.16. The van der Waals surface area contributed by atoms with Crippen molar-refractivity contribution in [1.82, 2.24) is 4.90 Å². The first-order valence-electron chi connectivity index (χ1n) is 4.97. The van der Waals surface area contributed by atoms with Crippen molar-refractivity contribution in [2.45, 2.75) is 33.1 Å². The average Bonchev–Trinajstić information content (AvgIpc) is 2.05. The van der Waals surface area contributed by atoms with E-state index >= 15 is 0 Å². The van der Waals surface area contributed by atoms with E-state index in [-0.39, 0.29) is 0 Å². The van der Waals surface area contributed by atoms with Crippen molar-refractivity contribution in [3.63, 3.8) is 0 Å². The molecule has 0 aromatic carbocycles. The Labute approximate surface area is 74.9 Å². The summed E-state index contributed by atoms with van der Waals surface area (Å²) < 4.78 is 0. The molecular formula is C10H19NO. The average molecular weight is 169 g/mol. The van der Waals surface area contributed by atoms with Crippen LogP contribution >= 0.6 is 0 Å². The van der Waals surface area contributed by atoms with Gasteiger partial charge in [0, 0.05) is 12.5 Å². The molecule has 1 aliphatic rings. The minimum Gasteiger partial charge on any atom is -0.303 e. The third-order valence-electron chi connectivity index (χ3n) is 2.62. The number of hydrogen-bond donors (Lipinski definition) is 0. The lowest BCUT2D eigenvalue weighted by Gasteiger charge is -2.30. The Kier molecular flexibility index (Phi) is 3.73. The van der Waals surface area contributed by atoms with Gasteiger partial charge in [0.25, 0.3) is 0 Å². The van der Waals surface area contributed by atoms with Crippen LogP contribution in [0, 0.1) is 5.92 Å². The standard InChI is InChI=1S/C10H19NO/c1-3-6-11-7-4-5-10(8-11)9(2)12/h10H,3-8H2,1-2H3. The highest BCUT2D eigenvalue weighted by Gasteiger charge is 2.21. The summed E-state index contributed by atoms with van der Waals surface area (Å²) >= 11 is 0. The van der Waals surface area contributed by atoms with Crippen molar-refractivity contribution in [2.75, 3.05) is 19.6 Å². The number of ketones is 1. The first-order chi connectivity index (χ1) is 5.74. The van der Waals surface area contributed by atoms with Gasteiger partial charge in [-0.05, 0) is 39.3 Å². The number of carbonyl (C=O) groups is 1. The Bertz CT molecular complexity index is 154. The number of rotatable bonds is 3. The summed E-state index contributed by atoms with van der Waals surface area (Å²) in [5, 5.41) is 0. The molecule has 0 amide bonds. The van der Waals surface area contributed by atoms with E-state index in [1.165, 1.54) is 19.4 Å². The van der Waals surface area contributed by atoms with Gasteiger partial charge in [-0.25, -0.2) is 0 Å². The van der Waals surface area contributed by atoms with Crippen molar-refractivity contribution in [2.24, 2.45) is 5.92 Å². The second kappa shape index (κ2) is 4.61. The molecule has 2 nitrogen and oxygen atoms in total. The summed E-state index contributed by atoms with van der Waals surface area (Å²) in [6.07, 6.45) is 3.50. The van der Waals surface area contributed by atoms with Crippen molar-refractivity contribution >= 4 is 5.78 Å². The molecule has 0 saturated carbocycles. The molecule has 0 aromatic rings. The largest absolute Gasteiger partial charge is 0.303 e. The fourth-order valence-corrected chi connectivity index (χ4v) is 1.91. The number of nitrogens with zero attached hydrogens (tertiary/aromatic N) is 1. The topological polar surface area (TPSA) is 20.3 Å². The van der Waals surface area contributed by atoms with E-state index in [2.05, 4.69) is 11.8 Å². The van der Waals surface area contributed by atoms with Crippen molar-refractivity contribution < 1.29 is 4.79 Å². The van der Waals surface area contributed by atoms with Gasteiger partial charge in [-0.3, -0.25) is 4.79 Å². The lowest BCUT2D eigenvalue weighted by molar-refractivity contribution is -0.122. The van der Waals surface area contributed by atoms with E-state index in [1.54, 1.807) is 6.92 Å². The molecule has 0 radical (unpaired) electrons. The lowest BCUT2D eigenvalue weighted by atomic mass is 9.94. The maximum Gasteiger partial charge on any atom is 0.134 e. The molecule has 0 bridgehead atoms. The summed E-state index contributed by atoms with van der Waals surface area (Å²) in [6, 6.07) is 0. The molecule has 0 N–H and O–H groups in total. The van der Waals surface area contributed by atoms with Crippen molar-refractivity contribution in [3.05, 3.63) is 0 Å². The molecule has 1 aliphatic heterocycles. The van der Waals surface area contributed by atoms with Crippen LogP contribution < -0.4 is 0 Å². The molecule has 2 heteroatoms. The van der Waals surface area contributed by atoms with E-state index in [0.29, 0.717) is 11.7 Å². The minimum atomic E-state index is 0.324. The van der Waals surface area contributed by atoms with Crippen LogP contribution in [0.15, 0.2) is 0 Å². The highest BCUT2D eigenvalue weighted by molar-refractivity contribution is 5.78. The summed E-state index contributed by atoms with van der Waals surface area (Å²) in [4.78, 5) is 13.5.